The van der Waals surface area contributed by atoms with Gasteiger partial charge in [-0.3, -0.25) is 19.3 Å². The van der Waals surface area contributed by atoms with Crippen LogP contribution < -0.4 is 12.4 Å². The van der Waals surface area contributed by atoms with Crippen molar-refractivity contribution < 1.29 is 43.2 Å². The maximum atomic E-state index is 13.3. The molecule has 0 unspecified atom stereocenters. The molecule has 0 aliphatic heterocycles. The highest BCUT2D eigenvalue weighted by atomic mass is 35.5. The summed E-state index contributed by atoms with van der Waals surface area (Å²) < 4.78 is 5.28. The van der Waals surface area contributed by atoms with E-state index < -0.39 is 35.5 Å². The van der Waals surface area contributed by atoms with E-state index >= 15 is 0 Å². The van der Waals surface area contributed by atoms with Crippen LogP contribution in [0, 0.1) is 28.6 Å². The third kappa shape index (κ3) is 4.51. The maximum absolute atomic E-state index is 13.3. The Balaban J connectivity index is 0.00000228. The fourth-order valence-electron chi connectivity index (χ4n) is 8.09. The van der Waals surface area contributed by atoms with Crippen molar-refractivity contribution in [2.45, 2.75) is 84.3 Å². The highest BCUT2D eigenvalue weighted by molar-refractivity contribution is 5.92. The molecule has 0 aromatic carbocycles. The predicted molar refractivity (Wildman–Crippen MR) is 128 cm³/mol. The zero-order chi connectivity index (χ0) is 24.9. The fourth-order valence-corrected chi connectivity index (χ4v) is 8.09. The SMILES string of the molecule is CCN(CC)CC(=O)OCC(=O)[C@@]1(O)CC[C@H]2[C@@H]3CCC4=CC(=O)CC[C@]4(C)[C@H]3[C@@H](O)C[C@@]21C.[Cl-].[H+]. The van der Waals surface area contributed by atoms with Gasteiger partial charge < -0.3 is 27.4 Å². The molecular formula is C27H42ClNO6. The van der Waals surface area contributed by atoms with Crippen molar-refractivity contribution in [3.8, 4) is 0 Å². The Labute approximate surface area is 216 Å². The molecule has 8 heteroatoms. The average Bonchev–Trinajstić information content (AvgIpc) is 3.07. The molecule has 3 fully saturated rings. The Morgan fingerprint density at radius 3 is 2.51 bits per heavy atom. The van der Waals surface area contributed by atoms with Crippen molar-refractivity contribution in [3.63, 3.8) is 0 Å². The lowest BCUT2D eigenvalue weighted by molar-refractivity contribution is -0.184. The molecule has 0 amide bonds. The average molecular weight is 512 g/mol. The van der Waals surface area contributed by atoms with E-state index in [9.17, 15) is 24.6 Å². The summed E-state index contributed by atoms with van der Waals surface area (Å²) in [5.41, 5.74) is -1.42. The van der Waals surface area contributed by atoms with Crippen LogP contribution >= 0.6 is 0 Å². The molecule has 0 saturated heterocycles. The highest BCUT2D eigenvalue weighted by Gasteiger charge is 2.68. The van der Waals surface area contributed by atoms with Gasteiger partial charge in [0, 0.05) is 11.8 Å². The van der Waals surface area contributed by atoms with E-state index in [1.165, 1.54) is 0 Å². The number of carbonyl (C=O) groups excluding carboxylic acids is 3. The number of carbonyl (C=O) groups is 3. The van der Waals surface area contributed by atoms with Gasteiger partial charge in [0.2, 0.25) is 5.78 Å². The number of hydrogen-bond acceptors (Lipinski definition) is 7. The molecular weight excluding hydrogens is 470 g/mol. The second-order valence-corrected chi connectivity index (χ2v) is 11.5. The van der Waals surface area contributed by atoms with Crippen LogP contribution in [0.3, 0.4) is 0 Å². The van der Waals surface area contributed by atoms with Gasteiger partial charge in [0.05, 0.1) is 12.6 Å². The summed E-state index contributed by atoms with van der Waals surface area (Å²) >= 11 is 0. The van der Waals surface area contributed by atoms with Crippen molar-refractivity contribution in [3.05, 3.63) is 11.6 Å². The molecule has 7 atom stereocenters. The summed E-state index contributed by atoms with van der Waals surface area (Å²) in [6.07, 6.45) is 5.49. The number of hydrogen-bond donors (Lipinski definition) is 2. The van der Waals surface area contributed by atoms with Gasteiger partial charge in [-0.1, -0.05) is 33.3 Å². The molecule has 7 nitrogen and oxygen atoms in total. The minimum absolute atomic E-state index is 0. The third-order valence-electron chi connectivity index (χ3n) is 10.1. The molecule has 4 aliphatic rings. The number of likely N-dealkylation sites (N-methyl/N-ethyl adjacent to an activating group) is 1. The number of rotatable bonds is 7. The van der Waals surface area contributed by atoms with Crippen LogP contribution in [0.15, 0.2) is 11.6 Å². The largest absolute Gasteiger partial charge is 1.00 e. The first-order valence-corrected chi connectivity index (χ1v) is 13.1. The van der Waals surface area contributed by atoms with Gasteiger partial charge in [-0.2, -0.15) is 0 Å². The van der Waals surface area contributed by atoms with E-state index in [-0.39, 0.29) is 49.3 Å². The topological polar surface area (TPSA) is 104 Å². The van der Waals surface area contributed by atoms with E-state index in [1.807, 2.05) is 25.7 Å². The Morgan fingerprint density at radius 2 is 1.86 bits per heavy atom. The third-order valence-corrected chi connectivity index (χ3v) is 10.1. The number of ether oxygens (including phenoxy) is 1. The molecule has 198 valence electrons. The van der Waals surface area contributed by atoms with Crippen molar-refractivity contribution in [2.75, 3.05) is 26.2 Å². The van der Waals surface area contributed by atoms with Gasteiger partial charge in [-0.25, -0.2) is 0 Å². The van der Waals surface area contributed by atoms with Crippen molar-refractivity contribution in [1.29, 1.82) is 0 Å². The number of esters is 1. The van der Waals surface area contributed by atoms with Crippen LogP contribution in [0.1, 0.15) is 74.1 Å². The summed E-state index contributed by atoms with van der Waals surface area (Å²) in [7, 11) is 0. The van der Waals surface area contributed by atoms with E-state index in [2.05, 4.69) is 6.92 Å². The minimum atomic E-state index is -1.61. The number of allylic oxidation sites excluding steroid dienone is 1. The first-order valence-electron chi connectivity index (χ1n) is 13.1. The standard InChI is InChI=1S/C27H41NO6.ClH/c1-5-28(6-2)15-23(32)34-16-22(31)27(33)12-10-20-19-8-7-17-13-18(29)9-11-25(17,3)24(19)21(30)14-26(20,27)4;/h13,19-21,24,30,33H,5-12,14-16H2,1-4H3;1H/t19-,20-,21-,24+,25-,26-,27-;/m0./s1. The second-order valence-electron chi connectivity index (χ2n) is 11.5. The fraction of sp³-hybridized carbons (Fsp3) is 0.815. The quantitative estimate of drug-likeness (QED) is 0.456. The van der Waals surface area contributed by atoms with Gasteiger partial charge in [-0.15, -0.1) is 0 Å². The van der Waals surface area contributed by atoms with Crippen molar-refractivity contribution >= 4 is 17.5 Å². The second kappa shape index (κ2) is 10.2. The molecule has 0 spiro atoms. The molecule has 0 aromatic rings. The Kier molecular flexibility index (Phi) is 8.27. The minimum Gasteiger partial charge on any atom is -1.00 e. The van der Waals surface area contributed by atoms with Crippen LogP contribution in [0.2, 0.25) is 0 Å². The predicted octanol–water partition coefficient (Wildman–Crippen LogP) is -0.209. The molecule has 0 bridgehead atoms. The number of nitrogens with zero attached hydrogens (tertiary/aromatic N) is 1. The molecule has 2 N–H and O–H groups in total. The van der Waals surface area contributed by atoms with Crippen molar-refractivity contribution in [2.24, 2.45) is 28.6 Å². The van der Waals surface area contributed by atoms with Crippen LogP contribution in [0.25, 0.3) is 0 Å². The molecule has 35 heavy (non-hydrogen) atoms. The number of halogens is 1. The van der Waals surface area contributed by atoms with Crippen LogP contribution in [-0.4, -0.2) is 70.6 Å². The summed E-state index contributed by atoms with van der Waals surface area (Å²) in [4.78, 5) is 39.5. The summed E-state index contributed by atoms with van der Waals surface area (Å²) in [6, 6.07) is 0. The van der Waals surface area contributed by atoms with Crippen molar-refractivity contribution in [1.82, 2.24) is 4.90 Å². The summed E-state index contributed by atoms with van der Waals surface area (Å²) in [5, 5.41) is 23.2. The number of Topliss-reactive ketones (excluding diaryl/α,β-unsaturated/α-hetero) is 1. The molecule has 3 saturated carbocycles. The normalized spacial score (nSPS) is 40.2. The van der Waals surface area contributed by atoms with E-state index in [0.29, 0.717) is 38.8 Å². The smallest absolute Gasteiger partial charge is 1.00 e. The molecule has 0 radical (unpaired) electrons. The lowest BCUT2D eigenvalue weighted by atomic mass is 9.45. The lowest BCUT2D eigenvalue weighted by Gasteiger charge is -2.60. The van der Waals surface area contributed by atoms with Crippen LogP contribution in [0.4, 0.5) is 0 Å². The molecule has 0 heterocycles. The summed E-state index contributed by atoms with van der Waals surface area (Å²) in [6.45, 7) is 9.17. The number of ketones is 2. The van der Waals surface area contributed by atoms with E-state index in [1.54, 1.807) is 6.08 Å². The Bertz CT molecular complexity index is 893. The van der Waals surface area contributed by atoms with Gasteiger partial charge >= 0.3 is 7.40 Å². The zero-order valence-electron chi connectivity index (χ0n) is 22.5. The molecule has 4 aliphatic carbocycles. The highest BCUT2D eigenvalue weighted by Crippen LogP contribution is 2.67. The van der Waals surface area contributed by atoms with E-state index in [4.69, 9.17) is 4.74 Å². The Morgan fingerprint density at radius 1 is 1.17 bits per heavy atom. The Hall–Kier alpha value is -1.28. The molecule has 0 aromatic heterocycles. The van der Waals surface area contributed by atoms with E-state index in [0.717, 1.165) is 24.8 Å². The van der Waals surface area contributed by atoms with Crippen LogP contribution in [-0.2, 0) is 19.1 Å². The van der Waals surface area contributed by atoms with Gasteiger partial charge in [-0.05, 0) is 80.9 Å². The first-order chi connectivity index (χ1) is 16.0. The number of aliphatic hydroxyl groups is 2. The van der Waals surface area contributed by atoms with Crippen LogP contribution in [0.5, 0.6) is 0 Å². The van der Waals surface area contributed by atoms with Gasteiger partial charge in [0.25, 0.3) is 0 Å². The van der Waals surface area contributed by atoms with Gasteiger partial charge in [0.15, 0.2) is 12.4 Å². The maximum Gasteiger partial charge on any atom is 1.00 e. The first kappa shape index (κ1) is 28.3. The molecule has 4 rings (SSSR count). The zero-order valence-corrected chi connectivity index (χ0v) is 22.3. The lowest BCUT2D eigenvalue weighted by Crippen LogP contribution is -3.00. The number of aliphatic hydroxyl groups excluding tert-OH is 1. The number of fused-ring (bicyclic) bond motifs is 5. The summed E-state index contributed by atoms with van der Waals surface area (Å²) in [5.74, 6) is -0.411. The monoisotopic (exact) mass is 511 g/mol. The van der Waals surface area contributed by atoms with Gasteiger partial charge in [0.1, 0.15) is 5.60 Å².